The van der Waals surface area contributed by atoms with Crippen molar-refractivity contribution >= 4 is 5.91 Å². The van der Waals surface area contributed by atoms with Crippen LogP contribution < -0.4 is 10.1 Å². The lowest BCUT2D eigenvalue weighted by Crippen LogP contribution is -2.41. The van der Waals surface area contributed by atoms with Gasteiger partial charge in [0, 0.05) is 0 Å². The third-order valence-corrected chi connectivity index (χ3v) is 5.61. The number of nitrogens with one attached hydrogen (secondary N) is 1. The van der Waals surface area contributed by atoms with Crippen LogP contribution in [0.25, 0.3) is 0 Å². The van der Waals surface area contributed by atoms with Gasteiger partial charge in [0.25, 0.3) is 0 Å². The van der Waals surface area contributed by atoms with E-state index in [9.17, 15) is 4.79 Å². The summed E-state index contributed by atoms with van der Waals surface area (Å²) in [4.78, 5) is 12.9. The van der Waals surface area contributed by atoms with Crippen LogP contribution in [0.15, 0.2) is 78.9 Å². The molecule has 4 heteroatoms. The first-order chi connectivity index (χ1) is 14.7. The van der Waals surface area contributed by atoms with Gasteiger partial charge in [-0.1, -0.05) is 66.7 Å². The summed E-state index contributed by atoms with van der Waals surface area (Å²) >= 11 is 0. The molecule has 2 atom stereocenters. The average Bonchev–Trinajstić information content (AvgIpc) is 2.79. The number of amides is 1. The monoisotopic (exact) mass is 401 g/mol. The number of carbonyl (C=O) groups is 1. The molecule has 0 unspecified atom stereocenters. The maximum Gasteiger partial charge on any atom is 0.224 e. The molecule has 1 amide bonds. The lowest BCUT2D eigenvalue weighted by Gasteiger charge is -2.34. The minimum absolute atomic E-state index is 0.00446. The largest absolute Gasteiger partial charge is 0.497 e. The summed E-state index contributed by atoms with van der Waals surface area (Å²) in [5, 5.41) is 3.24. The van der Waals surface area contributed by atoms with Gasteiger partial charge in [0.1, 0.15) is 5.75 Å². The van der Waals surface area contributed by atoms with E-state index in [2.05, 4.69) is 35.6 Å². The zero-order valence-corrected chi connectivity index (χ0v) is 17.2. The number of carbonyl (C=O) groups excluding carboxylic acids is 1. The quantitative estimate of drug-likeness (QED) is 0.628. The van der Waals surface area contributed by atoms with Gasteiger partial charge in [0.2, 0.25) is 5.91 Å². The van der Waals surface area contributed by atoms with Crippen molar-refractivity contribution in [2.24, 2.45) is 0 Å². The fraction of sp³-hybridized carbons (Fsp3) is 0.269. The second-order valence-corrected chi connectivity index (χ2v) is 7.64. The highest BCUT2D eigenvalue weighted by Gasteiger charge is 2.31. The van der Waals surface area contributed by atoms with E-state index in [1.165, 1.54) is 5.56 Å². The molecule has 3 aromatic rings. The summed E-state index contributed by atoms with van der Waals surface area (Å²) in [6.07, 6.45) is 2.12. The number of rotatable bonds is 7. The van der Waals surface area contributed by atoms with Gasteiger partial charge in [-0.2, -0.15) is 0 Å². The number of hydrogen-bond donors (Lipinski definition) is 1. The summed E-state index contributed by atoms with van der Waals surface area (Å²) in [5.41, 5.74) is 4.54. The smallest absolute Gasteiger partial charge is 0.224 e. The second-order valence-electron chi connectivity index (χ2n) is 7.64. The summed E-state index contributed by atoms with van der Waals surface area (Å²) in [7, 11) is 1.64. The van der Waals surface area contributed by atoms with Crippen molar-refractivity contribution in [3.63, 3.8) is 0 Å². The summed E-state index contributed by atoms with van der Waals surface area (Å²) in [5.74, 6) is 0.782. The number of ether oxygens (including phenoxy) is 2. The summed E-state index contributed by atoms with van der Waals surface area (Å²) in [6, 6.07) is 26.0. The Labute approximate surface area is 177 Å². The molecule has 0 radical (unpaired) electrons. The summed E-state index contributed by atoms with van der Waals surface area (Å²) in [6.45, 7) is 0.540. The van der Waals surface area contributed by atoms with Crippen molar-refractivity contribution in [3.8, 4) is 5.75 Å². The SMILES string of the molecule is COc1ccc(CC(=O)N[C@H]2c3ccccc3CC[C@H]2OCc2ccccc2)cc1. The standard InChI is InChI=1S/C26H27NO3/c1-29-22-14-11-19(12-15-22)17-25(28)27-26-23-10-6-5-9-21(23)13-16-24(26)30-18-20-7-3-2-4-8-20/h2-12,14-15,24,26H,13,16-18H2,1H3,(H,27,28)/t24-,26+/m1/s1. The van der Waals surface area contributed by atoms with E-state index in [0.717, 1.165) is 35.3 Å². The molecule has 30 heavy (non-hydrogen) atoms. The molecule has 0 aromatic heterocycles. The molecule has 0 heterocycles. The van der Waals surface area contributed by atoms with Gasteiger partial charge in [-0.25, -0.2) is 0 Å². The zero-order valence-electron chi connectivity index (χ0n) is 17.2. The molecule has 0 bridgehead atoms. The predicted molar refractivity (Wildman–Crippen MR) is 117 cm³/mol. The van der Waals surface area contributed by atoms with E-state index in [1.54, 1.807) is 7.11 Å². The van der Waals surface area contributed by atoms with Crippen LogP contribution in [-0.4, -0.2) is 19.1 Å². The Morgan fingerprint density at radius 3 is 2.43 bits per heavy atom. The number of methoxy groups -OCH3 is 1. The number of aryl methyl sites for hydroxylation is 1. The number of fused-ring (bicyclic) bond motifs is 1. The van der Waals surface area contributed by atoms with Crippen molar-refractivity contribution in [3.05, 3.63) is 101 Å². The first-order valence-electron chi connectivity index (χ1n) is 10.4. The molecule has 3 aromatic carbocycles. The van der Waals surface area contributed by atoms with Gasteiger partial charge >= 0.3 is 0 Å². The van der Waals surface area contributed by atoms with Gasteiger partial charge in [-0.3, -0.25) is 4.79 Å². The molecule has 1 aliphatic carbocycles. The van der Waals surface area contributed by atoms with Crippen molar-refractivity contribution in [2.75, 3.05) is 7.11 Å². The molecule has 154 valence electrons. The van der Waals surface area contributed by atoms with E-state index in [1.807, 2.05) is 48.5 Å². The van der Waals surface area contributed by atoms with Crippen LogP contribution in [0.2, 0.25) is 0 Å². The number of hydrogen-bond acceptors (Lipinski definition) is 3. The molecular weight excluding hydrogens is 374 g/mol. The van der Waals surface area contributed by atoms with E-state index in [-0.39, 0.29) is 18.1 Å². The van der Waals surface area contributed by atoms with Crippen LogP contribution in [0.1, 0.15) is 34.7 Å². The molecule has 4 nitrogen and oxygen atoms in total. The number of benzene rings is 3. The van der Waals surface area contributed by atoms with Crippen LogP contribution in [0.3, 0.4) is 0 Å². The maximum atomic E-state index is 12.9. The van der Waals surface area contributed by atoms with Crippen molar-refractivity contribution in [1.82, 2.24) is 5.32 Å². The third kappa shape index (κ3) is 4.89. The first-order valence-corrected chi connectivity index (χ1v) is 10.4. The van der Waals surface area contributed by atoms with Gasteiger partial charge in [0.05, 0.1) is 32.3 Å². The fourth-order valence-corrected chi connectivity index (χ4v) is 4.01. The van der Waals surface area contributed by atoms with Crippen LogP contribution >= 0.6 is 0 Å². The molecule has 0 fully saturated rings. The fourth-order valence-electron chi connectivity index (χ4n) is 4.01. The minimum atomic E-state index is -0.149. The Balaban J connectivity index is 1.47. The topological polar surface area (TPSA) is 47.6 Å². The average molecular weight is 402 g/mol. The Hall–Kier alpha value is -3.11. The minimum Gasteiger partial charge on any atom is -0.497 e. The maximum absolute atomic E-state index is 12.9. The molecule has 0 saturated carbocycles. The molecular formula is C26H27NO3. The van der Waals surface area contributed by atoms with Gasteiger partial charge in [-0.15, -0.1) is 0 Å². The predicted octanol–water partition coefficient (Wildman–Crippen LogP) is 4.63. The molecule has 0 saturated heterocycles. The Bertz CT molecular complexity index is 969. The Morgan fingerprint density at radius 1 is 0.933 bits per heavy atom. The molecule has 1 aliphatic rings. The summed E-state index contributed by atoms with van der Waals surface area (Å²) < 4.78 is 11.5. The van der Waals surface area contributed by atoms with Crippen LogP contribution in [0.5, 0.6) is 5.75 Å². The lowest BCUT2D eigenvalue weighted by atomic mass is 9.85. The van der Waals surface area contributed by atoms with E-state index >= 15 is 0 Å². The van der Waals surface area contributed by atoms with Crippen molar-refractivity contribution in [2.45, 2.75) is 38.0 Å². The van der Waals surface area contributed by atoms with E-state index < -0.39 is 0 Å². The zero-order chi connectivity index (χ0) is 20.8. The van der Waals surface area contributed by atoms with Crippen LogP contribution in [-0.2, 0) is 29.0 Å². The van der Waals surface area contributed by atoms with Gasteiger partial charge in [0.15, 0.2) is 0 Å². The van der Waals surface area contributed by atoms with Crippen molar-refractivity contribution < 1.29 is 14.3 Å². The molecule has 1 N–H and O–H groups in total. The van der Waals surface area contributed by atoms with Gasteiger partial charge < -0.3 is 14.8 Å². The Kier molecular flexibility index (Phi) is 6.45. The van der Waals surface area contributed by atoms with E-state index in [4.69, 9.17) is 9.47 Å². The molecule has 0 aliphatic heterocycles. The second kappa shape index (κ2) is 9.59. The van der Waals surface area contributed by atoms with Crippen LogP contribution in [0, 0.1) is 0 Å². The Morgan fingerprint density at radius 2 is 1.67 bits per heavy atom. The van der Waals surface area contributed by atoms with Crippen LogP contribution in [0.4, 0.5) is 0 Å². The normalized spacial score (nSPS) is 17.8. The molecule has 4 rings (SSSR count). The highest BCUT2D eigenvalue weighted by molar-refractivity contribution is 5.79. The van der Waals surface area contributed by atoms with E-state index in [0.29, 0.717) is 13.0 Å². The van der Waals surface area contributed by atoms with Crippen molar-refractivity contribution in [1.29, 1.82) is 0 Å². The molecule has 0 spiro atoms. The van der Waals surface area contributed by atoms with Gasteiger partial charge in [-0.05, 0) is 47.2 Å². The lowest BCUT2D eigenvalue weighted by molar-refractivity contribution is -0.122. The highest BCUT2D eigenvalue weighted by atomic mass is 16.5. The highest BCUT2D eigenvalue weighted by Crippen LogP contribution is 2.32. The first kappa shape index (κ1) is 20.2. The third-order valence-electron chi connectivity index (χ3n) is 5.61.